The normalized spacial score (nSPS) is 12.0. The Morgan fingerprint density at radius 3 is 1.68 bits per heavy atom. The summed E-state index contributed by atoms with van der Waals surface area (Å²) in [5, 5.41) is 0. The molecule has 0 spiro atoms. The number of rotatable bonds is 14. The lowest BCUT2D eigenvalue weighted by Gasteiger charge is -2.26. The molecule has 0 heterocycles. The number of carbonyl (C=O) groups is 2. The highest BCUT2D eigenvalue weighted by molar-refractivity contribution is 5.98. The molecular weight excluding hydrogens is 336 g/mol. The SMILES string of the molecule is C=C(C)C(=O)OCCCC(CCCOC(=O)C(=C)C)C(CCC)O[SiH3]. The van der Waals surface area contributed by atoms with E-state index in [-0.39, 0.29) is 18.0 Å². The molecule has 0 aromatic carbocycles. The second-order valence-electron chi connectivity index (χ2n) is 6.44. The van der Waals surface area contributed by atoms with E-state index in [9.17, 15) is 9.59 Å². The van der Waals surface area contributed by atoms with E-state index in [0.717, 1.165) is 38.5 Å². The fraction of sp³-hybridized carbons (Fsp3) is 0.684. The van der Waals surface area contributed by atoms with Gasteiger partial charge in [-0.25, -0.2) is 9.59 Å². The summed E-state index contributed by atoms with van der Waals surface area (Å²) in [6, 6.07) is 0. The van der Waals surface area contributed by atoms with E-state index < -0.39 is 0 Å². The first-order chi connectivity index (χ1) is 11.8. The summed E-state index contributed by atoms with van der Waals surface area (Å²) < 4.78 is 16.1. The van der Waals surface area contributed by atoms with Gasteiger partial charge in [0.2, 0.25) is 0 Å². The first-order valence-corrected chi connectivity index (χ1v) is 9.83. The standard InChI is InChI=1S/C19H34O5Si/c1-6-9-17(24-25)16(10-7-12-22-18(20)14(2)3)11-8-13-23-19(21)15(4)5/h16-17H,2,4,6-13H2,1,3,5,25H3. The van der Waals surface area contributed by atoms with Crippen LogP contribution in [0.5, 0.6) is 0 Å². The maximum Gasteiger partial charge on any atom is 0.333 e. The maximum absolute atomic E-state index is 11.4. The van der Waals surface area contributed by atoms with Crippen LogP contribution in [0.3, 0.4) is 0 Å². The van der Waals surface area contributed by atoms with Gasteiger partial charge in [-0.2, -0.15) is 0 Å². The minimum Gasteiger partial charge on any atom is -0.462 e. The van der Waals surface area contributed by atoms with Crippen molar-refractivity contribution < 1.29 is 23.5 Å². The van der Waals surface area contributed by atoms with Crippen molar-refractivity contribution in [2.24, 2.45) is 5.92 Å². The van der Waals surface area contributed by atoms with Gasteiger partial charge in [0.25, 0.3) is 0 Å². The van der Waals surface area contributed by atoms with E-state index in [2.05, 4.69) is 20.1 Å². The zero-order chi connectivity index (χ0) is 19.2. The van der Waals surface area contributed by atoms with E-state index >= 15 is 0 Å². The van der Waals surface area contributed by atoms with E-state index in [1.165, 1.54) is 0 Å². The monoisotopic (exact) mass is 370 g/mol. The molecule has 0 aliphatic rings. The third-order valence-corrected chi connectivity index (χ3v) is 4.61. The van der Waals surface area contributed by atoms with Gasteiger partial charge in [-0.05, 0) is 51.9 Å². The van der Waals surface area contributed by atoms with Crippen LogP contribution < -0.4 is 0 Å². The first-order valence-electron chi connectivity index (χ1n) is 9.01. The Balaban J connectivity index is 4.36. The Kier molecular flexibility index (Phi) is 13.1. The molecule has 1 atom stereocenters. The van der Waals surface area contributed by atoms with E-state index in [0.29, 0.717) is 40.8 Å². The van der Waals surface area contributed by atoms with Gasteiger partial charge < -0.3 is 13.9 Å². The molecule has 144 valence electrons. The van der Waals surface area contributed by atoms with Crippen molar-refractivity contribution in [1.29, 1.82) is 0 Å². The molecule has 0 fully saturated rings. The number of carbonyl (C=O) groups excluding carboxylic acids is 2. The summed E-state index contributed by atoms with van der Waals surface area (Å²) in [4.78, 5) is 22.8. The fourth-order valence-electron chi connectivity index (χ4n) is 2.61. The summed E-state index contributed by atoms with van der Waals surface area (Å²) in [7, 11) is 0.699. The fourth-order valence-corrected chi connectivity index (χ4v) is 3.23. The lowest BCUT2D eigenvalue weighted by Crippen LogP contribution is -2.24. The maximum atomic E-state index is 11.4. The molecule has 25 heavy (non-hydrogen) atoms. The second-order valence-corrected chi connectivity index (χ2v) is 6.91. The summed E-state index contributed by atoms with van der Waals surface area (Å²) in [5.74, 6) is -0.301. The Hall–Kier alpha value is -1.40. The smallest absolute Gasteiger partial charge is 0.333 e. The summed E-state index contributed by atoms with van der Waals surface area (Å²) in [5.41, 5.74) is 0.838. The number of hydrogen-bond donors (Lipinski definition) is 0. The van der Waals surface area contributed by atoms with Crippen molar-refractivity contribution in [1.82, 2.24) is 0 Å². The van der Waals surface area contributed by atoms with Gasteiger partial charge in [0.05, 0.1) is 13.2 Å². The zero-order valence-electron chi connectivity index (χ0n) is 16.3. The number of hydrogen-bond acceptors (Lipinski definition) is 5. The van der Waals surface area contributed by atoms with Crippen LogP contribution in [0, 0.1) is 5.92 Å². The minimum atomic E-state index is -0.340. The van der Waals surface area contributed by atoms with E-state index in [1.807, 2.05) is 0 Å². The van der Waals surface area contributed by atoms with Gasteiger partial charge >= 0.3 is 11.9 Å². The van der Waals surface area contributed by atoms with Crippen molar-refractivity contribution in [3.05, 3.63) is 24.3 Å². The van der Waals surface area contributed by atoms with Crippen LogP contribution in [0.4, 0.5) is 0 Å². The zero-order valence-corrected chi connectivity index (χ0v) is 18.3. The van der Waals surface area contributed by atoms with Crippen LogP contribution in [-0.2, 0) is 23.5 Å². The Morgan fingerprint density at radius 1 is 0.920 bits per heavy atom. The molecule has 0 aromatic heterocycles. The summed E-state index contributed by atoms with van der Waals surface area (Å²) in [6.07, 6.45) is 5.74. The van der Waals surface area contributed by atoms with Crippen LogP contribution in [0.1, 0.15) is 59.3 Å². The quantitative estimate of drug-likeness (QED) is 0.204. The summed E-state index contributed by atoms with van der Waals surface area (Å²) >= 11 is 0. The van der Waals surface area contributed by atoms with Gasteiger partial charge in [-0.1, -0.05) is 26.5 Å². The third-order valence-electron chi connectivity index (χ3n) is 4.00. The molecule has 0 aliphatic carbocycles. The Labute approximate surface area is 155 Å². The molecule has 6 heteroatoms. The highest BCUT2D eigenvalue weighted by atomic mass is 28.2. The van der Waals surface area contributed by atoms with Gasteiger partial charge in [0.1, 0.15) is 10.5 Å². The van der Waals surface area contributed by atoms with Gasteiger partial charge in [0.15, 0.2) is 0 Å². The largest absolute Gasteiger partial charge is 0.462 e. The lowest BCUT2D eigenvalue weighted by molar-refractivity contribution is -0.139. The molecular formula is C19H34O5Si. The predicted molar refractivity (Wildman–Crippen MR) is 103 cm³/mol. The van der Waals surface area contributed by atoms with Gasteiger partial charge in [-0.15, -0.1) is 0 Å². The number of ether oxygens (including phenoxy) is 2. The van der Waals surface area contributed by atoms with E-state index in [1.54, 1.807) is 13.8 Å². The molecule has 5 nitrogen and oxygen atoms in total. The van der Waals surface area contributed by atoms with Crippen LogP contribution in [0.25, 0.3) is 0 Å². The lowest BCUT2D eigenvalue weighted by atomic mass is 9.90. The van der Waals surface area contributed by atoms with Crippen LogP contribution in [-0.4, -0.2) is 41.7 Å². The molecule has 0 rings (SSSR count). The van der Waals surface area contributed by atoms with Crippen molar-refractivity contribution in [2.75, 3.05) is 13.2 Å². The molecule has 0 saturated heterocycles. The number of esters is 2. The molecule has 0 bridgehead atoms. The molecule has 0 aromatic rings. The van der Waals surface area contributed by atoms with Crippen molar-refractivity contribution >= 4 is 22.4 Å². The second kappa shape index (κ2) is 13.8. The summed E-state index contributed by atoms with van der Waals surface area (Å²) in [6.45, 7) is 13.4. The highest BCUT2D eigenvalue weighted by Gasteiger charge is 2.20. The minimum absolute atomic E-state index is 0.227. The molecule has 1 unspecified atom stereocenters. The van der Waals surface area contributed by atoms with Gasteiger partial charge in [-0.3, -0.25) is 0 Å². The van der Waals surface area contributed by atoms with Crippen LogP contribution in [0.2, 0.25) is 0 Å². The Bertz CT molecular complexity index is 413. The molecule has 0 aliphatic heterocycles. The topological polar surface area (TPSA) is 61.8 Å². The molecule has 0 N–H and O–H groups in total. The average molecular weight is 371 g/mol. The molecule has 0 radical (unpaired) electrons. The molecule has 0 amide bonds. The van der Waals surface area contributed by atoms with Crippen LogP contribution >= 0.6 is 0 Å². The Morgan fingerprint density at radius 2 is 1.36 bits per heavy atom. The van der Waals surface area contributed by atoms with Gasteiger partial charge in [0, 0.05) is 17.3 Å². The predicted octanol–water partition coefficient (Wildman–Crippen LogP) is 2.87. The van der Waals surface area contributed by atoms with Crippen LogP contribution in [0.15, 0.2) is 24.3 Å². The van der Waals surface area contributed by atoms with Crippen molar-refractivity contribution in [2.45, 2.75) is 65.4 Å². The third kappa shape index (κ3) is 10.9. The van der Waals surface area contributed by atoms with Crippen molar-refractivity contribution in [3.8, 4) is 0 Å². The first kappa shape index (κ1) is 23.6. The molecule has 0 saturated carbocycles. The van der Waals surface area contributed by atoms with Crippen molar-refractivity contribution in [3.63, 3.8) is 0 Å². The van der Waals surface area contributed by atoms with E-state index in [4.69, 9.17) is 13.9 Å². The highest BCUT2D eigenvalue weighted by Crippen LogP contribution is 2.23. The average Bonchev–Trinajstić information content (AvgIpc) is 2.57.